The molecule has 14 nitrogen and oxygen atoms in total. The lowest BCUT2D eigenvalue weighted by Crippen LogP contribution is -2.66. The minimum atomic E-state index is -1.96. The molecular weight excluding hydrogens is 736 g/mol. The Labute approximate surface area is 329 Å². The van der Waals surface area contributed by atoms with E-state index in [2.05, 4.69) is 16.5 Å². The Balaban J connectivity index is 1.53. The molecule has 14 heteroatoms. The van der Waals surface area contributed by atoms with E-state index in [0.717, 1.165) is 0 Å². The van der Waals surface area contributed by atoms with E-state index in [4.69, 9.17) is 28.4 Å². The molecule has 3 aliphatic carbocycles. The van der Waals surface area contributed by atoms with Crippen molar-refractivity contribution in [3.05, 3.63) is 120 Å². The van der Waals surface area contributed by atoms with E-state index in [9.17, 15) is 29.1 Å². The van der Waals surface area contributed by atoms with Gasteiger partial charge >= 0.3 is 29.8 Å². The molecule has 2 bridgehead atoms. The molecule has 0 unspecified atom stereocenters. The Bertz CT molecular complexity index is 2100. The zero-order chi connectivity index (χ0) is 40.9. The summed E-state index contributed by atoms with van der Waals surface area (Å²) in [6.07, 6.45) is 1.18. The van der Waals surface area contributed by atoms with Crippen LogP contribution in [-0.4, -0.2) is 86.8 Å². The molecule has 2 aromatic heterocycles. The number of pyridine rings is 2. The molecule has 4 aliphatic rings. The summed E-state index contributed by atoms with van der Waals surface area (Å²) in [7, 11) is 0. The number of carbonyl (C=O) groups excluding carboxylic acids is 5. The number of allylic oxidation sites excluding steroid dienone is 2. The predicted octanol–water partition coefficient (Wildman–Crippen LogP) is 4.83. The summed E-state index contributed by atoms with van der Waals surface area (Å²) in [5, 5.41) is 12.6. The van der Waals surface area contributed by atoms with Crippen LogP contribution in [0.5, 0.6) is 0 Å². The summed E-state index contributed by atoms with van der Waals surface area (Å²) in [4.78, 5) is 77.3. The molecule has 1 N–H and O–H groups in total. The van der Waals surface area contributed by atoms with Gasteiger partial charge in [-0.1, -0.05) is 43.4 Å². The maximum absolute atomic E-state index is 14.3. The van der Waals surface area contributed by atoms with E-state index < -0.39 is 101 Å². The zero-order valence-electron chi connectivity index (χ0n) is 32.1. The van der Waals surface area contributed by atoms with E-state index >= 15 is 0 Å². The number of esters is 5. The number of nitrogens with zero attached hydrogens (tertiary/aromatic N) is 2. The largest absolute Gasteiger partial charge is 0.461 e. The highest BCUT2D eigenvalue weighted by Gasteiger charge is 2.84. The van der Waals surface area contributed by atoms with Gasteiger partial charge in [0.25, 0.3) is 0 Å². The third kappa shape index (κ3) is 6.50. The number of hydrogen-bond donors (Lipinski definition) is 1. The maximum atomic E-state index is 14.3. The third-order valence-corrected chi connectivity index (χ3v) is 11.9. The van der Waals surface area contributed by atoms with Gasteiger partial charge < -0.3 is 33.5 Å². The van der Waals surface area contributed by atoms with E-state index in [1.807, 2.05) is 0 Å². The minimum Gasteiger partial charge on any atom is -0.461 e. The number of hydrogen-bond acceptors (Lipinski definition) is 14. The van der Waals surface area contributed by atoms with Gasteiger partial charge in [-0.15, -0.1) is 0 Å². The quantitative estimate of drug-likeness (QED) is 0.177. The van der Waals surface area contributed by atoms with Crippen LogP contribution in [-0.2, 0) is 38.0 Å². The number of carbonyl (C=O) groups is 5. The molecule has 1 saturated heterocycles. The maximum Gasteiger partial charge on any atom is 0.340 e. The fourth-order valence-corrected chi connectivity index (χ4v) is 10.0. The van der Waals surface area contributed by atoms with Crippen molar-refractivity contribution in [3.8, 4) is 0 Å². The fourth-order valence-electron chi connectivity index (χ4n) is 10.0. The summed E-state index contributed by atoms with van der Waals surface area (Å²) < 4.78 is 38.6. The van der Waals surface area contributed by atoms with Crippen molar-refractivity contribution in [1.82, 2.24) is 9.97 Å². The second-order valence-electron chi connectivity index (χ2n) is 15.5. The Morgan fingerprint density at radius 2 is 1.39 bits per heavy atom. The van der Waals surface area contributed by atoms with Gasteiger partial charge in [-0.2, -0.15) is 0 Å². The standard InChI is InChI=1S/C43H44N2O12/c1-23(2)30-16-17-31(53-36(48)27-12-8-7-9-13-27)43-34(30)41(6,57-40(43)51)39(55-38(50)29-15-11-19-45-22-29)42(56-26(5)47)20-24(3)33(32(42)35(43)52-25(4)46)54-37(49)28-14-10-18-44-21-28/h7-19,21-22,24,30-35,39-40,51H,1,20H2,2-6H3/t24-,30+,31+,32+,33-,34-,35+,39+,40+,41+,42+,43-/m0/s1. The van der Waals surface area contributed by atoms with Gasteiger partial charge in [0.1, 0.15) is 29.3 Å². The van der Waals surface area contributed by atoms with Crippen LogP contribution >= 0.6 is 0 Å². The first-order valence-corrected chi connectivity index (χ1v) is 18.7. The molecule has 0 amide bonds. The van der Waals surface area contributed by atoms with Gasteiger partial charge in [-0.3, -0.25) is 19.6 Å². The van der Waals surface area contributed by atoms with E-state index in [0.29, 0.717) is 5.57 Å². The number of rotatable bonds is 9. The van der Waals surface area contributed by atoms with Crippen LogP contribution in [0.15, 0.2) is 104 Å². The molecular formula is C43H44N2O12. The molecule has 1 aromatic carbocycles. The first-order chi connectivity index (χ1) is 27.1. The first-order valence-electron chi connectivity index (χ1n) is 18.7. The number of aliphatic hydroxyl groups excluding tert-OH is 1. The van der Waals surface area contributed by atoms with Crippen molar-refractivity contribution in [2.24, 2.45) is 29.1 Å². The molecule has 0 radical (unpaired) electrons. The Hall–Kier alpha value is -5.73. The average Bonchev–Trinajstić information content (AvgIpc) is 3.57. The molecule has 0 spiro atoms. The SMILES string of the molecule is C=C(C)[C@H]1C=C[C@@H](OC(=O)c2ccccc2)[C@@]23[C@H](O)O[C@@](C)([C@@H](OC(=O)c4cccnc4)[C@@]4(OC(C)=O)C[C@H](C)[C@H](OC(=O)c5cccnc5)[C@@H]4[C@H]2OC(C)=O)[C@H]13. The Morgan fingerprint density at radius 3 is 1.95 bits per heavy atom. The van der Waals surface area contributed by atoms with Crippen molar-refractivity contribution in [2.75, 3.05) is 0 Å². The molecule has 12 atom stereocenters. The van der Waals surface area contributed by atoms with E-state index in [1.165, 1.54) is 50.8 Å². The van der Waals surface area contributed by atoms with Gasteiger partial charge in [0.05, 0.1) is 22.6 Å². The molecule has 7 rings (SSSR count). The predicted molar refractivity (Wildman–Crippen MR) is 199 cm³/mol. The van der Waals surface area contributed by atoms with Gasteiger partial charge in [-0.25, -0.2) is 14.4 Å². The molecule has 3 fully saturated rings. The molecule has 57 heavy (non-hydrogen) atoms. The average molecular weight is 781 g/mol. The topological polar surface area (TPSA) is 187 Å². The molecule has 3 heterocycles. The highest BCUT2D eigenvalue weighted by Crippen LogP contribution is 2.70. The summed E-state index contributed by atoms with van der Waals surface area (Å²) in [6.45, 7) is 11.7. The minimum absolute atomic E-state index is 0.0569. The lowest BCUT2D eigenvalue weighted by atomic mass is 9.54. The van der Waals surface area contributed by atoms with Crippen molar-refractivity contribution in [2.45, 2.75) is 82.9 Å². The van der Waals surface area contributed by atoms with Crippen molar-refractivity contribution in [1.29, 1.82) is 0 Å². The van der Waals surface area contributed by atoms with Crippen LogP contribution in [0.25, 0.3) is 0 Å². The summed E-state index contributed by atoms with van der Waals surface area (Å²) in [5.74, 6) is -7.81. The number of ether oxygens (including phenoxy) is 6. The molecule has 298 valence electrons. The van der Waals surface area contributed by atoms with Crippen molar-refractivity contribution < 1.29 is 57.5 Å². The fraction of sp³-hybridized carbons (Fsp3) is 0.419. The van der Waals surface area contributed by atoms with Crippen LogP contribution in [0.3, 0.4) is 0 Å². The smallest absolute Gasteiger partial charge is 0.340 e. The molecule has 1 aliphatic heterocycles. The summed E-state index contributed by atoms with van der Waals surface area (Å²) >= 11 is 0. The first kappa shape index (κ1) is 39.5. The highest BCUT2D eigenvalue weighted by molar-refractivity contribution is 5.90. The van der Waals surface area contributed by atoms with Gasteiger partial charge in [0, 0.05) is 50.5 Å². The van der Waals surface area contributed by atoms with Crippen LogP contribution in [0.1, 0.15) is 72.1 Å². The Kier molecular flexibility index (Phi) is 10.4. The number of benzene rings is 1. The van der Waals surface area contributed by atoms with Gasteiger partial charge in [0.2, 0.25) is 0 Å². The van der Waals surface area contributed by atoms with E-state index in [-0.39, 0.29) is 23.1 Å². The lowest BCUT2D eigenvalue weighted by Gasteiger charge is -2.52. The zero-order valence-corrected chi connectivity index (χ0v) is 32.1. The second kappa shape index (κ2) is 15.0. The van der Waals surface area contributed by atoms with Crippen LogP contribution in [0.4, 0.5) is 0 Å². The lowest BCUT2D eigenvalue weighted by molar-refractivity contribution is -0.281. The van der Waals surface area contributed by atoms with Gasteiger partial charge in [0.15, 0.2) is 18.0 Å². The highest BCUT2D eigenvalue weighted by atomic mass is 16.7. The van der Waals surface area contributed by atoms with Crippen LogP contribution < -0.4 is 0 Å². The van der Waals surface area contributed by atoms with E-state index in [1.54, 1.807) is 75.4 Å². The Morgan fingerprint density at radius 1 is 0.789 bits per heavy atom. The number of aromatic nitrogens is 2. The second-order valence-corrected chi connectivity index (χ2v) is 15.5. The third-order valence-electron chi connectivity index (χ3n) is 11.9. The normalized spacial score (nSPS) is 34.7. The number of fused-ring (bicyclic) bond motifs is 1. The van der Waals surface area contributed by atoms with Crippen molar-refractivity contribution >= 4 is 29.8 Å². The van der Waals surface area contributed by atoms with Crippen LogP contribution in [0, 0.1) is 29.1 Å². The van der Waals surface area contributed by atoms with Gasteiger partial charge in [-0.05, 0) is 68.7 Å². The van der Waals surface area contributed by atoms with Crippen LogP contribution in [0.2, 0.25) is 0 Å². The monoisotopic (exact) mass is 780 g/mol. The summed E-state index contributed by atoms with van der Waals surface area (Å²) in [6, 6.07) is 14.3. The van der Waals surface area contributed by atoms with Crippen molar-refractivity contribution in [3.63, 3.8) is 0 Å². The molecule has 3 aromatic rings. The summed E-state index contributed by atoms with van der Waals surface area (Å²) in [5.41, 5.74) is -4.76. The molecule has 2 saturated carbocycles. The number of aliphatic hydroxyl groups is 1.